The molecular weight excluding hydrogens is 611 g/mol. The van der Waals surface area contributed by atoms with Crippen molar-refractivity contribution >= 4 is 40.6 Å². The molecule has 1 saturated heterocycles. The molecular formula is C37H35N5O4S. The van der Waals surface area contributed by atoms with Gasteiger partial charge in [0.2, 0.25) is 5.91 Å². The Hall–Kier alpha value is -4.93. The molecule has 0 saturated carbocycles. The molecule has 1 aliphatic heterocycles. The SMILES string of the molecule is CCOC(=O)c1cccnc1SN(C(=O)c1cc2ccccc2[nH]1)[C@H](C)C(=O)N1CCN(C2c3ccccc3-c3ccccc32)CC1. The van der Waals surface area contributed by atoms with E-state index in [4.69, 9.17) is 4.74 Å². The zero-order chi connectivity index (χ0) is 32.5. The highest BCUT2D eigenvalue weighted by atomic mass is 32.2. The molecule has 7 rings (SSSR count). The number of aromatic amines is 1. The van der Waals surface area contributed by atoms with Gasteiger partial charge in [0.25, 0.3) is 5.91 Å². The van der Waals surface area contributed by atoms with Crippen LogP contribution in [0.15, 0.2) is 102 Å². The predicted molar refractivity (Wildman–Crippen MR) is 182 cm³/mol. The third-order valence-electron chi connectivity index (χ3n) is 8.91. The van der Waals surface area contributed by atoms with E-state index >= 15 is 0 Å². The second kappa shape index (κ2) is 13.1. The molecule has 9 nitrogen and oxygen atoms in total. The van der Waals surface area contributed by atoms with Crippen LogP contribution in [0.2, 0.25) is 0 Å². The maximum Gasteiger partial charge on any atom is 0.340 e. The summed E-state index contributed by atoms with van der Waals surface area (Å²) in [6.07, 6.45) is 1.56. The zero-order valence-corrected chi connectivity index (χ0v) is 27.1. The van der Waals surface area contributed by atoms with Crippen molar-refractivity contribution in [2.45, 2.75) is 31.0 Å². The molecule has 1 fully saturated rings. The third-order valence-corrected chi connectivity index (χ3v) is 10.1. The molecule has 0 unspecified atom stereocenters. The molecule has 2 amide bonds. The first-order chi connectivity index (χ1) is 22.9. The Balaban J connectivity index is 1.13. The number of pyridine rings is 1. The monoisotopic (exact) mass is 645 g/mol. The number of esters is 1. The summed E-state index contributed by atoms with van der Waals surface area (Å²) < 4.78 is 6.68. The summed E-state index contributed by atoms with van der Waals surface area (Å²) in [7, 11) is 0. The van der Waals surface area contributed by atoms with E-state index in [1.807, 2.05) is 29.2 Å². The van der Waals surface area contributed by atoms with Crippen LogP contribution < -0.4 is 0 Å². The van der Waals surface area contributed by atoms with Gasteiger partial charge in [-0.15, -0.1) is 0 Å². The van der Waals surface area contributed by atoms with Crippen LogP contribution in [0.1, 0.15) is 51.9 Å². The molecule has 5 aromatic rings. The van der Waals surface area contributed by atoms with Gasteiger partial charge in [-0.2, -0.15) is 0 Å². The zero-order valence-electron chi connectivity index (χ0n) is 26.3. The van der Waals surface area contributed by atoms with Crippen molar-refractivity contribution in [2.75, 3.05) is 32.8 Å². The molecule has 0 bridgehead atoms. The maximum atomic E-state index is 14.2. The average molecular weight is 646 g/mol. The van der Waals surface area contributed by atoms with Crippen LogP contribution in [0.4, 0.5) is 0 Å². The fraction of sp³-hybridized carbons (Fsp3) is 0.243. The Kier molecular flexibility index (Phi) is 8.53. The number of nitrogens with one attached hydrogen (secondary N) is 1. The molecule has 1 aliphatic carbocycles. The molecule has 1 N–H and O–H groups in total. The first kappa shape index (κ1) is 30.7. The van der Waals surface area contributed by atoms with Crippen molar-refractivity contribution in [1.29, 1.82) is 0 Å². The number of rotatable bonds is 8. The van der Waals surface area contributed by atoms with E-state index in [1.165, 1.54) is 26.6 Å². The minimum absolute atomic E-state index is 0.137. The normalized spacial score (nSPS) is 15.2. The summed E-state index contributed by atoms with van der Waals surface area (Å²) in [6.45, 7) is 6.12. The Morgan fingerprint density at radius 2 is 1.57 bits per heavy atom. The standard InChI is InChI=1S/C37H35N5O4S/c1-3-46-37(45)30-16-10-18-38-34(30)47-42(36(44)32-23-25-11-4-9-17-31(25)39-32)24(2)35(43)41-21-19-40(20-22-41)33-28-14-7-5-12-26(28)27-13-6-8-15-29(27)33/h4-18,23-24,33,39H,3,19-22H2,1-2H3/t24-/m1/s1. The number of benzene rings is 3. The molecule has 2 aromatic heterocycles. The van der Waals surface area contributed by atoms with Crippen molar-refractivity contribution in [2.24, 2.45) is 0 Å². The summed E-state index contributed by atoms with van der Waals surface area (Å²) in [5.74, 6) is -1.08. The van der Waals surface area contributed by atoms with Gasteiger partial charge in [0.15, 0.2) is 0 Å². The van der Waals surface area contributed by atoms with E-state index in [-0.39, 0.29) is 30.0 Å². The van der Waals surface area contributed by atoms with E-state index in [0.717, 1.165) is 22.9 Å². The lowest BCUT2D eigenvalue weighted by molar-refractivity contribution is -0.136. The molecule has 47 heavy (non-hydrogen) atoms. The lowest BCUT2D eigenvalue weighted by atomic mass is 10.0. The van der Waals surface area contributed by atoms with Crippen molar-refractivity contribution in [3.05, 3.63) is 120 Å². The predicted octanol–water partition coefficient (Wildman–Crippen LogP) is 6.19. The van der Waals surface area contributed by atoms with Gasteiger partial charge in [-0.05, 0) is 60.4 Å². The molecule has 2 aliphatic rings. The maximum absolute atomic E-state index is 14.2. The Labute approximate surface area is 277 Å². The number of hydrogen-bond acceptors (Lipinski definition) is 7. The Morgan fingerprint density at radius 3 is 2.26 bits per heavy atom. The van der Waals surface area contributed by atoms with Gasteiger partial charge < -0.3 is 14.6 Å². The molecule has 0 spiro atoms. The number of H-pyrrole nitrogens is 1. The number of fused-ring (bicyclic) bond motifs is 4. The van der Waals surface area contributed by atoms with Crippen LogP contribution in [0.3, 0.4) is 0 Å². The van der Waals surface area contributed by atoms with E-state index in [9.17, 15) is 14.4 Å². The number of piperazine rings is 1. The second-order valence-corrected chi connectivity index (χ2v) is 12.6. The minimum atomic E-state index is -0.851. The smallest absolute Gasteiger partial charge is 0.340 e. The van der Waals surface area contributed by atoms with Crippen molar-refractivity contribution in [3.8, 4) is 11.1 Å². The third kappa shape index (κ3) is 5.79. The molecule has 10 heteroatoms. The summed E-state index contributed by atoms with van der Waals surface area (Å²) in [6, 6.07) is 29.1. The van der Waals surface area contributed by atoms with Crippen LogP contribution in [0, 0.1) is 0 Å². The highest BCUT2D eigenvalue weighted by Crippen LogP contribution is 2.46. The first-order valence-corrected chi connectivity index (χ1v) is 16.6. The number of aromatic nitrogens is 2. The van der Waals surface area contributed by atoms with Crippen LogP contribution in [-0.2, 0) is 9.53 Å². The van der Waals surface area contributed by atoms with E-state index < -0.39 is 12.0 Å². The van der Waals surface area contributed by atoms with Gasteiger partial charge in [-0.25, -0.2) is 9.78 Å². The number of para-hydroxylation sites is 1. The summed E-state index contributed by atoms with van der Waals surface area (Å²) in [4.78, 5) is 53.0. The van der Waals surface area contributed by atoms with Crippen LogP contribution in [0.25, 0.3) is 22.0 Å². The summed E-state index contributed by atoms with van der Waals surface area (Å²) in [5, 5.41) is 1.18. The lowest BCUT2D eigenvalue weighted by Crippen LogP contribution is -2.54. The van der Waals surface area contributed by atoms with E-state index in [2.05, 4.69) is 63.4 Å². The van der Waals surface area contributed by atoms with Gasteiger partial charge in [-0.3, -0.25) is 18.8 Å². The molecule has 238 valence electrons. The Bertz CT molecular complexity index is 1890. The number of carbonyl (C=O) groups is 3. The summed E-state index contributed by atoms with van der Waals surface area (Å²) >= 11 is 0.982. The number of hydrogen-bond donors (Lipinski definition) is 1. The fourth-order valence-electron chi connectivity index (χ4n) is 6.61. The van der Waals surface area contributed by atoms with Crippen LogP contribution >= 0.6 is 11.9 Å². The van der Waals surface area contributed by atoms with Gasteiger partial charge in [0, 0.05) is 55.2 Å². The number of nitrogens with zero attached hydrogens (tertiary/aromatic N) is 4. The topological polar surface area (TPSA) is 98.8 Å². The lowest BCUT2D eigenvalue weighted by Gasteiger charge is -2.40. The quantitative estimate of drug-likeness (QED) is 0.159. The molecule has 3 heterocycles. The second-order valence-electron chi connectivity index (χ2n) is 11.7. The number of amides is 2. The van der Waals surface area contributed by atoms with Crippen LogP contribution in [0.5, 0.6) is 0 Å². The number of carbonyl (C=O) groups excluding carboxylic acids is 3. The average Bonchev–Trinajstić information content (AvgIpc) is 3.70. The van der Waals surface area contributed by atoms with Gasteiger partial charge in [0.1, 0.15) is 16.8 Å². The fourth-order valence-corrected chi connectivity index (χ4v) is 7.59. The van der Waals surface area contributed by atoms with Crippen LogP contribution in [-0.4, -0.2) is 80.7 Å². The molecule has 3 aromatic carbocycles. The van der Waals surface area contributed by atoms with Crippen molar-refractivity contribution in [3.63, 3.8) is 0 Å². The molecule has 0 radical (unpaired) electrons. The minimum Gasteiger partial charge on any atom is -0.462 e. The van der Waals surface area contributed by atoms with Gasteiger partial charge in [-0.1, -0.05) is 66.7 Å². The molecule has 1 atom stereocenters. The highest BCUT2D eigenvalue weighted by Gasteiger charge is 2.38. The van der Waals surface area contributed by atoms with E-state index in [1.54, 1.807) is 38.2 Å². The van der Waals surface area contributed by atoms with Crippen molar-refractivity contribution in [1.82, 2.24) is 24.1 Å². The van der Waals surface area contributed by atoms with Crippen molar-refractivity contribution < 1.29 is 19.1 Å². The highest BCUT2D eigenvalue weighted by molar-refractivity contribution is 7.97. The van der Waals surface area contributed by atoms with E-state index in [0.29, 0.717) is 36.9 Å². The summed E-state index contributed by atoms with van der Waals surface area (Å²) in [5.41, 5.74) is 6.51. The first-order valence-electron chi connectivity index (χ1n) is 15.9. The number of ether oxygens (including phenoxy) is 1. The largest absolute Gasteiger partial charge is 0.462 e. The van der Waals surface area contributed by atoms with Gasteiger partial charge in [0.05, 0.1) is 18.2 Å². The van der Waals surface area contributed by atoms with Gasteiger partial charge >= 0.3 is 5.97 Å². The Morgan fingerprint density at radius 1 is 0.915 bits per heavy atom.